The van der Waals surface area contributed by atoms with Crippen LogP contribution in [-0.2, 0) is 0 Å². The minimum absolute atomic E-state index is 0.0825. The van der Waals surface area contributed by atoms with Crippen LogP contribution in [-0.4, -0.2) is 26.2 Å². The number of aromatic carboxylic acids is 1. The topological polar surface area (TPSA) is 95.5 Å². The lowest BCUT2D eigenvalue weighted by Gasteiger charge is -2.04. The molecule has 1 N–H and O–H groups in total. The first-order chi connectivity index (χ1) is 11.0. The fourth-order valence-corrected chi connectivity index (χ4v) is 2.18. The van der Waals surface area contributed by atoms with Gasteiger partial charge in [0.1, 0.15) is 23.2 Å². The number of halogens is 1. The van der Waals surface area contributed by atoms with E-state index >= 15 is 0 Å². The molecule has 3 aromatic rings. The minimum Gasteiger partial charge on any atom is -0.478 e. The van der Waals surface area contributed by atoms with Gasteiger partial charge in [-0.2, -0.15) is 5.26 Å². The number of fused-ring (bicyclic) bond motifs is 1. The first kappa shape index (κ1) is 14.4. The van der Waals surface area contributed by atoms with Gasteiger partial charge in [-0.3, -0.25) is 9.20 Å². The molecule has 0 fully saturated rings. The third-order valence-corrected chi connectivity index (χ3v) is 3.33. The molecule has 0 bridgehead atoms. The summed E-state index contributed by atoms with van der Waals surface area (Å²) in [5.41, 5.74) is 0.336. The zero-order valence-electron chi connectivity index (χ0n) is 11.5. The Bertz CT molecular complexity index is 1000. The van der Waals surface area contributed by atoms with Gasteiger partial charge >= 0.3 is 5.97 Å². The number of pyridine rings is 1. The first-order valence-corrected chi connectivity index (χ1v) is 6.46. The number of carboxylic acid groups (broad SMARTS) is 1. The molecule has 7 heteroatoms. The van der Waals surface area contributed by atoms with E-state index in [0.717, 1.165) is 18.2 Å². The van der Waals surface area contributed by atoms with Crippen molar-refractivity contribution in [1.29, 1.82) is 5.26 Å². The van der Waals surface area contributed by atoms with Crippen LogP contribution in [0.3, 0.4) is 0 Å². The Hall–Kier alpha value is -3.53. The van der Waals surface area contributed by atoms with E-state index in [1.54, 1.807) is 12.1 Å². The Morgan fingerprint density at radius 1 is 1.26 bits per heavy atom. The molecule has 0 aliphatic rings. The molecule has 0 radical (unpaired) electrons. The summed E-state index contributed by atoms with van der Waals surface area (Å²) < 4.78 is 15.4. The molecule has 0 unspecified atom stereocenters. The number of nitriles is 1. The number of ketones is 1. The summed E-state index contributed by atoms with van der Waals surface area (Å²) in [5, 5.41) is 17.7. The van der Waals surface area contributed by atoms with Gasteiger partial charge in [-0.1, -0.05) is 0 Å². The number of benzene rings is 1. The van der Waals surface area contributed by atoms with Gasteiger partial charge in [0.05, 0.1) is 22.9 Å². The SMILES string of the molecule is N#Cc1ccc2ncc(C(=O)c3ccc(C(=O)O)cc3F)n2c1. The van der Waals surface area contributed by atoms with E-state index in [9.17, 15) is 14.0 Å². The van der Waals surface area contributed by atoms with Gasteiger partial charge in [0, 0.05) is 6.20 Å². The summed E-state index contributed by atoms with van der Waals surface area (Å²) in [5.74, 6) is -2.86. The molecular weight excluding hydrogens is 301 g/mol. The van der Waals surface area contributed by atoms with Crippen molar-refractivity contribution in [2.45, 2.75) is 0 Å². The molecule has 6 nitrogen and oxygen atoms in total. The van der Waals surface area contributed by atoms with Gasteiger partial charge < -0.3 is 5.11 Å². The maximum atomic E-state index is 14.0. The molecule has 0 saturated carbocycles. The first-order valence-electron chi connectivity index (χ1n) is 6.46. The van der Waals surface area contributed by atoms with Crippen LogP contribution in [0.25, 0.3) is 5.65 Å². The van der Waals surface area contributed by atoms with Crippen molar-refractivity contribution in [3.05, 3.63) is 70.9 Å². The average molecular weight is 309 g/mol. The summed E-state index contributed by atoms with van der Waals surface area (Å²) in [6, 6.07) is 8.14. The molecule has 0 saturated heterocycles. The van der Waals surface area contributed by atoms with Crippen LogP contribution in [0.5, 0.6) is 0 Å². The maximum absolute atomic E-state index is 14.0. The van der Waals surface area contributed by atoms with Crippen LogP contribution < -0.4 is 0 Å². The standard InChI is InChI=1S/C16H8FN3O3/c17-12-5-10(16(22)23)2-3-11(12)15(21)13-7-19-14-4-1-9(6-18)8-20(13)14/h1-5,7-8H,(H,22,23). The Balaban J connectivity index is 2.11. The zero-order valence-corrected chi connectivity index (χ0v) is 11.5. The highest BCUT2D eigenvalue weighted by molar-refractivity contribution is 6.08. The van der Waals surface area contributed by atoms with E-state index in [1.165, 1.54) is 16.8 Å². The van der Waals surface area contributed by atoms with E-state index in [4.69, 9.17) is 10.4 Å². The Labute approximate surface area is 129 Å². The predicted octanol–water partition coefficient (Wildman–Crippen LogP) is 2.27. The van der Waals surface area contributed by atoms with Crippen molar-refractivity contribution in [2.75, 3.05) is 0 Å². The van der Waals surface area contributed by atoms with Crippen LogP contribution in [0.2, 0.25) is 0 Å². The summed E-state index contributed by atoms with van der Waals surface area (Å²) >= 11 is 0. The molecule has 0 atom stereocenters. The Kier molecular flexibility index (Phi) is 3.35. The number of nitrogens with zero attached hydrogens (tertiary/aromatic N) is 3. The molecule has 0 amide bonds. The monoisotopic (exact) mass is 309 g/mol. The largest absolute Gasteiger partial charge is 0.478 e. The Morgan fingerprint density at radius 3 is 2.70 bits per heavy atom. The van der Waals surface area contributed by atoms with E-state index in [1.807, 2.05) is 6.07 Å². The molecule has 1 aromatic carbocycles. The van der Waals surface area contributed by atoms with Crippen molar-refractivity contribution in [2.24, 2.45) is 0 Å². The molecule has 112 valence electrons. The third-order valence-electron chi connectivity index (χ3n) is 3.33. The van der Waals surface area contributed by atoms with Gasteiger partial charge in [-0.05, 0) is 30.3 Å². The third kappa shape index (κ3) is 2.42. The molecule has 3 rings (SSSR count). The molecular formula is C16H8FN3O3. The number of rotatable bonds is 3. The summed E-state index contributed by atoms with van der Waals surface area (Å²) in [7, 11) is 0. The van der Waals surface area contributed by atoms with Gasteiger partial charge in [0.15, 0.2) is 0 Å². The number of carbonyl (C=O) groups is 2. The van der Waals surface area contributed by atoms with Crippen molar-refractivity contribution < 1.29 is 19.1 Å². The quantitative estimate of drug-likeness (QED) is 0.749. The lowest BCUT2D eigenvalue weighted by atomic mass is 10.1. The number of hydrogen-bond acceptors (Lipinski definition) is 4. The van der Waals surface area contributed by atoms with Gasteiger partial charge in [0.2, 0.25) is 5.78 Å². The van der Waals surface area contributed by atoms with Crippen molar-refractivity contribution >= 4 is 17.4 Å². The molecule has 2 heterocycles. The summed E-state index contributed by atoms with van der Waals surface area (Å²) in [4.78, 5) is 27.3. The van der Waals surface area contributed by atoms with Crippen molar-refractivity contribution in [3.8, 4) is 6.07 Å². The number of hydrogen-bond donors (Lipinski definition) is 1. The molecule has 2 aromatic heterocycles. The van der Waals surface area contributed by atoms with Crippen molar-refractivity contribution in [1.82, 2.24) is 9.38 Å². The second-order valence-electron chi connectivity index (χ2n) is 4.73. The number of carboxylic acids is 1. The minimum atomic E-state index is -1.28. The van der Waals surface area contributed by atoms with Gasteiger partial charge in [0.25, 0.3) is 0 Å². The fourth-order valence-electron chi connectivity index (χ4n) is 2.18. The highest BCUT2D eigenvalue weighted by Gasteiger charge is 2.19. The van der Waals surface area contributed by atoms with Crippen LogP contribution in [0, 0.1) is 17.1 Å². The number of aromatic nitrogens is 2. The summed E-state index contributed by atoms with van der Waals surface area (Å²) in [6.07, 6.45) is 2.71. The highest BCUT2D eigenvalue weighted by atomic mass is 19.1. The van der Waals surface area contributed by atoms with Crippen LogP contribution in [0.15, 0.2) is 42.7 Å². The van der Waals surface area contributed by atoms with E-state index < -0.39 is 17.6 Å². The predicted molar refractivity (Wildman–Crippen MR) is 76.7 cm³/mol. The molecule has 0 spiro atoms. The summed E-state index contributed by atoms with van der Waals surface area (Å²) in [6.45, 7) is 0. The average Bonchev–Trinajstić information content (AvgIpc) is 2.96. The normalized spacial score (nSPS) is 10.4. The van der Waals surface area contributed by atoms with Gasteiger partial charge in [-0.25, -0.2) is 14.2 Å². The van der Waals surface area contributed by atoms with Gasteiger partial charge in [-0.15, -0.1) is 0 Å². The number of carbonyl (C=O) groups excluding carboxylic acids is 1. The smallest absolute Gasteiger partial charge is 0.335 e. The maximum Gasteiger partial charge on any atom is 0.335 e. The number of imidazole rings is 1. The molecule has 23 heavy (non-hydrogen) atoms. The molecule has 0 aliphatic heterocycles. The Morgan fingerprint density at radius 2 is 2.04 bits per heavy atom. The lowest BCUT2D eigenvalue weighted by molar-refractivity contribution is 0.0695. The van der Waals surface area contributed by atoms with E-state index in [2.05, 4.69) is 4.98 Å². The zero-order chi connectivity index (χ0) is 16.6. The van der Waals surface area contributed by atoms with Crippen LogP contribution in [0.1, 0.15) is 32.0 Å². The van der Waals surface area contributed by atoms with Crippen LogP contribution in [0.4, 0.5) is 4.39 Å². The van der Waals surface area contributed by atoms with E-state index in [-0.39, 0.29) is 16.8 Å². The van der Waals surface area contributed by atoms with Crippen molar-refractivity contribution in [3.63, 3.8) is 0 Å². The second-order valence-corrected chi connectivity index (χ2v) is 4.73. The van der Waals surface area contributed by atoms with Crippen LogP contribution >= 0.6 is 0 Å². The second kappa shape index (κ2) is 5.35. The lowest BCUT2D eigenvalue weighted by Crippen LogP contribution is -2.09. The molecule has 0 aliphatic carbocycles. The fraction of sp³-hybridized carbons (Fsp3) is 0. The van der Waals surface area contributed by atoms with E-state index in [0.29, 0.717) is 11.2 Å². The highest BCUT2D eigenvalue weighted by Crippen LogP contribution is 2.17.